The molecule has 0 aliphatic carbocycles. The largest absolute Gasteiger partial charge is 0.444 e. The van der Waals surface area contributed by atoms with Crippen molar-refractivity contribution in [1.29, 1.82) is 0 Å². The molecule has 4 rings (SSSR count). The Morgan fingerprint density at radius 1 is 1.11 bits per heavy atom. The van der Waals surface area contributed by atoms with E-state index in [4.69, 9.17) is 16.3 Å². The maximum atomic E-state index is 13.6. The number of halogens is 1. The van der Waals surface area contributed by atoms with E-state index in [-0.39, 0.29) is 17.5 Å². The Morgan fingerprint density at radius 3 is 2.41 bits per heavy atom. The van der Waals surface area contributed by atoms with E-state index >= 15 is 0 Å². The van der Waals surface area contributed by atoms with Crippen molar-refractivity contribution in [2.75, 3.05) is 13.1 Å². The molecule has 1 saturated heterocycles. The van der Waals surface area contributed by atoms with Gasteiger partial charge in [-0.15, -0.1) is 0 Å². The molecule has 3 aromatic rings. The zero-order chi connectivity index (χ0) is 26.6. The molecule has 1 atom stereocenters. The van der Waals surface area contributed by atoms with Crippen LogP contribution in [0.3, 0.4) is 0 Å². The smallest absolute Gasteiger partial charge is 0.408 e. The number of hydrogen-bond acceptors (Lipinski definition) is 4. The molecular formula is C28H33ClN4O4. The van der Waals surface area contributed by atoms with Gasteiger partial charge in [-0.1, -0.05) is 41.9 Å². The van der Waals surface area contributed by atoms with E-state index in [0.29, 0.717) is 24.5 Å². The van der Waals surface area contributed by atoms with Crippen molar-refractivity contribution in [3.63, 3.8) is 0 Å². The summed E-state index contributed by atoms with van der Waals surface area (Å²) in [5.74, 6) is 0.0602. The minimum absolute atomic E-state index is 0.144. The number of nitrogens with zero attached hydrogens (tertiary/aromatic N) is 2. The van der Waals surface area contributed by atoms with Gasteiger partial charge in [0.1, 0.15) is 11.6 Å². The number of imidazole rings is 1. The zero-order valence-electron chi connectivity index (χ0n) is 21.4. The molecule has 0 unspecified atom stereocenters. The molecule has 0 radical (unpaired) electrons. The van der Waals surface area contributed by atoms with Crippen LogP contribution >= 0.6 is 11.6 Å². The Hall–Kier alpha value is -3.52. The summed E-state index contributed by atoms with van der Waals surface area (Å²) in [6, 6.07) is 14.4. The predicted octanol–water partition coefficient (Wildman–Crippen LogP) is 4.66. The van der Waals surface area contributed by atoms with Gasteiger partial charge in [0.2, 0.25) is 5.91 Å². The number of benzene rings is 2. The quantitative estimate of drug-likeness (QED) is 0.490. The van der Waals surface area contributed by atoms with E-state index in [9.17, 15) is 14.4 Å². The van der Waals surface area contributed by atoms with Gasteiger partial charge in [0, 0.05) is 36.9 Å². The Bertz CT molecular complexity index is 1280. The van der Waals surface area contributed by atoms with Gasteiger partial charge in [-0.05, 0) is 68.9 Å². The zero-order valence-corrected chi connectivity index (χ0v) is 22.1. The molecule has 8 nitrogen and oxygen atoms in total. The Morgan fingerprint density at radius 2 is 1.78 bits per heavy atom. The molecule has 0 saturated carbocycles. The van der Waals surface area contributed by atoms with Crippen LogP contribution in [0.15, 0.2) is 65.7 Å². The summed E-state index contributed by atoms with van der Waals surface area (Å²) < 4.78 is 7.03. The van der Waals surface area contributed by atoms with E-state index in [1.165, 1.54) is 0 Å². The molecule has 196 valence electrons. The second-order valence-electron chi connectivity index (χ2n) is 10.3. The van der Waals surface area contributed by atoms with Crippen LogP contribution in [-0.4, -0.2) is 51.2 Å². The van der Waals surface area contributed by atoms with Gasteiger partial charge < -0.3 is 19.9 Å². The highest BCUT2D eigenvalue weighted by molar-refractivity contribution is 6.30. The number of hydrogen-bond donors (Lipinski definition) is 2. The van der Waals surface area contributed by atoms with E-state index in [1.54, 1.807) is 54.8 Å². The average Bonchev–Trinajstić information content (AvgIpc) is 3.29. The van der Waals surface area contributed by atoms with Crippen LogP contribution in [0.2, 0.25) is 5.02 Å². The van der Waals surface area contributed by atoms with Gasteiger partial charge in [0.15, 0.2) is 0 Å². The van der Waals surface area contributed by atoms with Crippen molar-refractivity contribution in [2.24, 2.45) is 0 Å². The van der Waals surface area contributed by atoms with Gasteiger partial charge >= 0.3 is 11.8 Å². The molecular weight excluding hydrogens is 492 g/mol. The van der Waals surface area contributed by atoms with Crippen molar-refractivity contribution in [3.05, 3.63) is 87.6 Å². The molecule has 0 spiro atoms. The topological polar surface area (TPSA) is 96.4 Å². The highest BCUT2D eigenvalue weighted by Crippen LogP contribution is 2.32. The average molecular weight is 525 g/mol. The maximum Gasteiger partial charge on any atom is 0.408 e. The number of carbonyl (C=O) groups excluding carboxylic acids is 2. The monoisotopic (exact) mass is 524 g/mol. The second kappa shape index (κ2) is 11.3. The number of H-pyrrole nitrogens is 1. The number of amides is 2. The van der Waals surface area contributed by atoms with Crippen LogP contribution in [-0.2, 0) is 16.0 Å². The van der Waals surface area contributed by atoms with E-state index in [0.717, 1.165) is 29.7 Å². The number of piperidine rings is 1. The fourth-order valence-electron chi connectivity index (χ4n) is 4.70. The predicted molar refractivity (Wildman–Crippen MR) is 143 cm³/mol. The fourth-order valence-corrected chi connectivity index (χ4v) is 4.83. The standard InChI is InChI=1S/C28H33ClN4O4/c1-28(2,3)37-27(36)31-23(18-19-8-10-21(29)11-9-19)25(34)32-15-12-20(13-16-32)22-6-4-5-7-24(22)33-17-14-30-26(33)35/h4-11,14,17,20,23H,12-13,15-16,18H2,1-3H3,(H,30,35)(H,31,36)/t23-/m1/s1. The van der Waals surface area contributed by atoms with E-state index < -0.39 is 17.7 Å². The first-order chi connectivity index (χ1) is 17.6. The summed E-state index contributed by atoms with van der Waals surface area (Å²) in [5.41, 5.74) is 1.97. The lowest BCUT2D eigenvalue weighted by molar-refractivity contribution is -0.134. The van der Waals surface area contributed by atoms with Gasteiger partial charge in [-0.2, -0.15) is 0 Å². The fraction of sp³-hybridized carbons (Fsp3) is 0.393. The number of para-hydroxylation sites is 1. The summed E-state index contributed by atoms with van der Waals surface area (Å²) in [7, 11) is 0. The molecule has 1 fully saturated rings. The Balaban J connectivity index is 1.47. The van der Waals surface area contributed by atoms with Crippen LogP contribution in [0.25, 0.3) is 5.69 Å². The van der Waals surface area contributed by atoms with Crippen LogP contribution in [0, 0.1) is 0 Å². The number of aromatic nitrogens is 2. The van der Waals surface area contributed by atoms with Crippen molar-refractivity contribution >= 4 is 23.6 Å². The minimum Gasteiger partial charge on any atom is -0.444 e. The lowest BCUT2D eigenvalue weighted by atomic mass is 9.88. The summed E-state index contributed by atoms with van der Waals surface area (Å²) in [6.07, 6.45) is 4.56. The van der Waals surface area contributed by atoms with E-state index in [1.807, 2.05) is 36.4 Å². The number of ether oxygens (including phenoxy) is 1. The molecule has 1 aliphatic rings. The summed E-state index contributed by atoms with van der Waals surface area (Å²) >= 11 is 6.02. The highest BCUT2D eigenvalue weighted by Gasteiger charge is 2.32. The SMILES string of the molecule is CC(C)(C)OC(=O)N[C@H](Cc1ccc(Cl)cc1)C(=O)N1CCC(c2ccccc2-n2cc[nH]c2=O)CC1. The van der Waals surface area contributed by atoms with Crippen molar-refractivity contribution in [3.8, 4) is 5.69 Å². The van der Waals surface area contributed by atoms with Crippen molar-refractivity contribution in [1.82, 2.24) is 19.8 Å². The summed E-state index contributed by atoms with van der Waals surface area (Å²) in [6.45, 7) is 6.45. The molecule has 2 aromatic carbocycles. The first-order valence-corrected chi connectivity index (χ1v) is 12.9. The third-order valence-electron chi connectivity index (χ3n) is 6.43. The second-order valence-corrected chi connectivity index (χ2v) is 10.8. The Kier molecular flexibility index (Phi) is 8.07. The normalized spacial score (nSPS) is 15.3. The highest BCUT2D eigenvalue weighted by atomic mass is 35.5. The molecule has 37 heavy (non-hydrogen) atoms. The number of nitrogens with one attached hydrogen (secondary N) is 2. The van der Waals surface area contributed by atoms with E-state index in [2.05, 4.69) is 10.3 Å². The number of aromatic amines is 1. The van der Waals surface area contributed by atoms with Gasteiger partial charge in [0.05, 0.1) is 5.69 Å². The van der Waals surface area contributed by atoms with Crippen molar-refractivity contribution in [2.45, 2.75) is 57.6 Å². The minimum atomic E-state index is -0.765. The van der Waals surface area contributed by atoms with Gasteiger partial charge in [-0.25, -0.2) is 9.59 Å². The van der Waals surface area contributed by atoms with Crippen LogP contribution in [0.5, 0.6) is 0 Å². The number of carbonyl (C=O) groups is 2. The number of likely N-dealkylation sites (tertiary alicyclic amines) is 1. The lowest BCUT2D eigenvalue weighted by Crippen LogP contribution is -2.52. The molecule has 0 bridgehead atoms. The third-order valence-corrected chi connectivity index (χ3v) is 6.69. The van der Waals surface area contributed by atoms with Crippen LogP contribution in [0.1, 0.15) is 50.7 Å². The number of rotatable bonds is 6. The molecule has 2 N–H and O–H groups in total. The summed E-state index contributed by atoms with van der Waals surface area (Å²) in [4.78, 5) is 42.9. The lowest BCUT2D eigenvalue weighted by Gasteiger charge is -2.35. The first kappa shape index (κ1) is 26.5. The van der Waals surface area contributed by atoms with Crippen LogP contribution < -0.4 is 11.0 Å². The molecule has 9 heteroatoms. The van der Waals surface area contributed by atoms with Crippen LogP contribution in [0.4, 0.5) is 4.79 Å². The van der Waals surface area contributed by atoms with Gasteiger partial charge in [-0.3, -0.25) is 9.36 Å². The van der Waals surface area contributed by atoms with Gasteiger partial charge in [0.25, 0.3) is 0 Å². The third kappa shape index (κ3) is 6.83. The molecule has 1 aromatic heterocycles. The summed E-state index contributed by atoms with van der Waals surface area (Å²) in [5, 5.41) is 3.39. The molecule has 2 heterocycles. The molecule has 2 amide bonds. The Labute approximate surface area is 221 Å². The first-order valence-electron chi connectivity index (χ1n) is 12.5. The molecule has 1 aliphatic heterocycles. The van der Waals surface area contributed by atoms with Crippen molar-refractivity contribution < 1.29 is 14.3 Å². The maximum absolute atomic E-state index is 13.6. The number of alkyl carbamates (subject to hydrolysis) is 1.